The van der Waals surface area contributed by atoms with Crippen molar-refractivity contribution in [3.63, 3.8) is 0 Å². The van der Waals surface area contributed by atoms with E-state index in [1.807, 2.05) is 0 Å². The molecule has 0 unspecified atom stereocenters. The molecule has 0 bridgehead atoms. The fourth-order valence-corrected chi connectivity index (χ4v) is 2.13. The minimum atomic E-state index is 0.381. The van der Waals surface area contributed by atoms with E-state index in [-0.39, 0.29) is 0 Å². The summed E-state index contributed by atoms with van der Waals surface area (Å²) in [5, 5.41) is 0. The third-order valence-corrected chi connectivity index (χ3v) is 3.34. The van der Waals surface area contributed by atoms with Gasteiger partial charge in [0.15, 0.2) is 0 Å². The molecule has 0 aliphatic heterocycles. The van der Waals surface area contributed by atoms with Gasteiger partial charge in [-0.3, -0.25) is 4.79 Å². The number of ketones is 1. The molecule has 0 aliphatic carbocycles. The van der Waals surface area contributed by atoms with Gasteiger partial charge >= 0.3 is 0 Å². The minimum absolute atomic E-state index is 0.381. The van der Waals surface area contributed by atoms with Crippen molar-refractivity contribution in [3.8, 4) is 0 Å². The fraction of sp³-hybridized carbons (Fsp3) is 0.875. The maximum atomic E-state index is 11.5. The molecule has 0 aromatic rings. The molecule has 0 aromatic heterocycles. The molecule has 0 aromatic carbocycles. The molecule has 0 N–H and O–H groups in total. The number of hydrogen-bond acceptors (Lipinski definition) is 2. The van der Waals surface area contributed by atoms with Gasteiger partial charge in [-0.1, -0.05) is 51.9 Å². The second-order valence-electron chi connectivity index (χ2n) is 5.18. The molecule has 0 atom stereocenters. The molecule has 2 heteroatoms. The Morgan fingerprint density at radius 1 is 0.778 bits per heavy atom. The van der Waals surface area contributed by atoms with Crippen molar-refractivity contribution >= 4 is 12.1 Å². The topological polar surface area (TPSA) is 34.1 Å². The van der Waals surface area contributed by atoms with Gasteiger partial charge in [-0.2, -0.15) is 0 Å². The maximum Gasteiger partial charge on any atom is 0.132 e. The Morgan fingerprint density at radius 3 is 1.83 bits per heavy atom. The largest absolute Gasteiger partial charge is 0.303 e. The van der Waals surface area contributed by atoms with Crippen molar-refractivity contribution in [2.24, 2.45) is 0 Å². The second kappa shape index (κ2) is 14.4. The third kappa shape index (κ3) is 13.4. The van der Waals surface area contributed by atoms with Gasteiger partial charge in [0.1, 0.15) is 12.1 Å². The molecule has 0 saturated heterocycles. The maximum absolute atomic E-state index is 11.5. The summed E-state index contributed by atoms with van der Waals surface area (Å²) in [7, 11) is 0. The molecule has 0 heterocycles. The van der Waals surface area contributed by atoms with E-state index in [4.69, 9.17) is 0 Å². The quantitative estimate of drug-likeness (QED) is 0.328. The van der Waals surface area contributed by atoms with Crippen LogP contribution in [0.4, 0.5) is 0 Å². The first-order valence-corrected chi connectivity index (χ1v) is 7.76. The summed E-state index contributed by atoms with van der Waals surface area (Å²) >= 11 is 0. The van der Waals surface area contributed by atoms with Crippen molar-refractivity contribution < 1.29 is 9.59 Å². The van der Waals surface area contributed by atoms with E-state index < -0.39 is 0 Å². The third-order valence-electron chi connectivity index (χ3n) is 3.34. The van der Waals surface area contributed by atoms with Gasteiger partial charge in [-0.25, -0.2) is 0 Å². The highest BCUT2D eigenvalue weighted by Gasteiger charge is 2.01. The van der Waals surface area contributed by atoms with Crippen LogP contribution in [-0.4, -0.2) is 12.1 Å². The number of carbonyl (C=O) groups is 2. The molecule has 0 spiro atoms. The van der Waals surface area contributed by atoms with Gasteiger partial charge in [0.05, 0.1) is 0 Å². The zero-order valence-electron chi connectivity index (χ0n) is 12.1. The Kier molecular flexibility index (Phi) is 13.9. The van der Waals surface area contributed by atoms with Crippen molar-refractivity contribution in [2.45, 2.75) is 90.4 Å². The van der Waals surface area contributed by atoms with Gasteiger partial charge < -0.3 is 4.79 Å². The van der Waals surface area contributed by atoms with E-state index in [1.165, 1.54) is 44.9 Å². The van der Waals surface area contributed by atoms with Crippen LogP contribution in [0.2, 0.25) is 0 Å². The van der Waals surface area contributed by atoms with Crippen LogP contribution >= 0.6 is 0 Å². The van der Waals surface area contributed by atoms with E-state index in [2.05, 4.69) is 6.92 Å². The molecule has 106 valence electrons. The zero-order chi connectivity index (χ0) is 13.5. The van der Waals surface area contributed by atoms with Crippen LogP contribution in [0.1, 0.15) is 90.4 Å². The van der Waals surface area contributed by atoms with E-state index in [1.54, 1.807) is 0 Å². The van der Waals surface area contributed by atoms with Crippen LogP contribution in [0.15, 0.2) is 0 Å². The highest BCUT2D eigenvalue weighted by Crippen LogP contribution is 2.11. The minimum Gasteiger partial charge on any atom is -0.303 e. The highest BCUT2D eigenvalue weighted by molar-refractivity contribution is 5.78. The number of hydrogen-bond donors (Lipinski definition) is 0. The molecular formula is C16H30O2. The van der Waals surface area contributed by atoms with Crippen molar-refractivity contribution in [1.29, 1.82) is 0 Å². The summed E-state index contributed by atoms with van der Waals surface area (Å²) in [5.41, 5.74) is 0. The van der Waals surface area contributed by atoms with E-state index in [0.717, 1.165) is 32.0 Å². The first-order valence-electron chi connectivity index (χ1n) is 7.76. The normalized spacial score (nSPS) is 10.5. The SMILES string of the molecule is CCCCCCCCCCC(=O)CCCCC=O. The summed E-state index contributed by atoms with van der Waals surface area (Å²) < 4.78 is 0. The van der Waals surface area contributed by atoms with Gasteiger partial charge in [0, 0.05) is 19.3 Å². The standard InChI is InChI=1S/C16H30O2/c1-2-3-4-5-6-7-8-10-13-16(18)14-11-9-12-15-17/h15H,2-14H2,1H3. The van der Waals surface area contributed by atoms with Gasteiger partial charge in [0.2, 0.25) is 0 Å². The van der Waals surface area contributed by atoms with Crippen LogP contribution in [-0.2, 0) is 9.59 Å². The van der Waals surface area contributed by atoms with Crippen LogP contribution in [0, 0.1) is 0 Å². The Balaban J connectivity index is 3.12. The molecule has 0 radical (unpaired) electrons. The average Bonchev–Trinajstić information content (AvgIpc) is 2.38. The van der Waals surface area contributed by atoms with Crippen molar-refractivity contribution in [3.05, 3.63) is 0 Å². The summed E-state index contributed by atoms with van der Waals surface area (Å²) in [6.45, 7) is 2.24. The first kappa shape index (κ1) is 17.3. The molecule has 0 rings (SSSR count). The Labute approximate surface area is 113 Å². The van der Waals surface area contributed by atoms with Crippen molar-refractivity contribution in [2.75, 3.05) is 0 Å². The number of Topliss-reactive ketones (excluding diaryl/α,β-unsaturated/α-hetero) is 1. The van der Waals surface area contributed by atoms with E-state index in [0.29, 0.717) is 18.6 Å². The predicted octanol–water partition coefficient (Wildman–Crippen LogP) is 4.85. The zero-order valence-corrected chi connectivity index (χ0v) is 12.1. The molecule has 0 aliphatic rings. The Bertz CT molecular complexity index is 199. The molecule has 0 saturated carbocycles. The number of rotatable bonds is 14. The summed E-state index contributed by atoms with van der Waals surface area (Å²) in [6, 6.07) is 0. The monoisotopic (exact) mass is 254 g/mol. The summed E-state index contributed by atoms with van der Waals surface area (Å²) in [6.07, 6.45) is 15.0. The van der Waals surface area contributed by atoms with E-state index in [9.17, 15) is 9.59 Å². The van der Waals surface area contributed by atoms with Crippen LogP contribution in [0.25, 0.3) is 0 Å². The number of aldehydes is 1. The van der Waals surface area contributed by atoms with Gasteiger partial charge in [0.25, 0.3) is 0 Å². The number of unbranched alkanes of at least 4 members (excludes halogenated alkanes) is 9. The molecule has 18 heavy (non-hydrogen) atoms. The van der Waals surface area contributed by atoms with Crippen molar-refractivity contribution in [1.82, 2.24) is 0 Å². The lowest BCUT2D eigenvalue weighted by molar-refractivity contribution is -0.119. The smallest absolute Gasteiger partial charge is 0.132 e. The van der Waals surface area contributed by atoms with Crippen LogP contribution < -0.4 is 0 Å². The lowest BCUT2D eigenvalue weighted by Gasteiger charge is -2.02. The first-order chi connectivity index (χ1) is 8.81. The summed E-state index contributed by atoms with van der Waals surface area (Å²) in [5.74, 6) is 0.381. The average molecular weight is 254 g/mol. The molecule has 0 amide bonds. The summed E-state index contributed by atoms with van der Waals surface area (Å²) in [4.78, 5) is 21.6. The highest BCUT2D eigenvalue weighted by atomic mass is 16.1. The van der Waals surface area contributed by atoms with Crippen LogP contribution in [0.5, 0.6) is 0 Å². The predicted molar refractivity (Wildman–Crippen MR) is 76.8 cm³/mol. The molecule has 2 nitrogen and oxygen atoms in total. The lowest BCUT2D eigenvalue weighted by atomic mass is 10.0. The fourth-order valence-electron chi connectivity index (χ4n) is 2.13. The Hall–Kier alpha value is -0.660. The molecule has 0 fully saturated rings. The number of carbonyl (C=O) groups excluding carboxylic acids is 2. The molecular weight excluding hydrogens is 224 g/mol. The van der Waals surface area contributed by atoms with Gasteiger partial charge in [-0.05, 0) is 19.3 Å². The second-order valence-corrected chi connectivity index (χ2v) is 5.18. The lowest BCUT2D eigenvalue weighted by Crippen LogP contribution is -1.97. The Morgan fingerprint density at radius 2 is 1.28 bits per heavy atom. The van der Waals surface area contributed by atoms with Gasteiger partial charge in [-0.15, -0.1) is 0 Å². The van der Waals surface area contributed by atoms with Crippen LogP contribution in [0.3, 0.4) is 0 Å². The van der Waals surface area contributed by atoms with E-state index >= 15 is 0 Å².